The molecule has 2 aromatic rings. The van der Waals surface area contributed by atoms with Gasteiger partial charge in [0, 0.05) is 18.6 Å². The molecule has 0 saturated carbocycles. The first-order chi connectivity index (χ1) is 11.8. The lowest BCUT2D eigenvalue weighted by Gasteiger charge is -2.21. The average Bonchev–Trinajstić information content (AvgIpc) is 3.05. The summed E-state index contributed by atoms with van der Waals surface area (Å²) in [7, 11) is 1.44. The Labute approximate surface area is 145 Å². The second-order valence-corrected chi connectivity index (χ2v) is 6.00. The van der Waals surface area contributed by atoms with Gasteiger partial charge in [0.05, 0.1) is 12.1 Å². The summed E-state index contributed by atoms with van der Waals surface area (Å²) in [6.45, 7) is -0.507. The van der Waals surface area contributed by atoms with Gasteiger partial charge in [-0.1, -0.05) is 12.1 Å². The van der Waals surface area contributed by atoms with Gasteiger partial charge in [-0.05, 0) is 12.1 Å². The van der Waals surface area contributed by atoms with Gasteiger partial charge < -0.3 is 14.7 Å². The Kier molecular flexibility index (Phi) is 6.21. The maximum absolute atomic E-state index is 12.9. The van der Waals surface area contributed by atoms with Crippen molar-refractivity contribution in [3.8, 4) is 5.75 Å². The first-order valence-corrected chi connectivity index (χ1v) is 8.04. The van der Waals surface area contributed by atoms with Gasteiger partial charge in [0.2, 0.25) is 0 Å². The van der Waals surface area contributed by atoms with Crippen LogP contribution in [0.4, 0.5) is 23.1 Å². The highest BCUT2D eigenvalue weighted by Gasteiger charge is 2.34. The number of carbonyl (C=O) groups is 1. The summed E-state index contributed by atoms with van der Waals surface area (Å²) in [4.78, 5) is 17.0. The second-order valence-electron chi connectivity index (χ2n) is 5.11. The minimum atomic E-state index is -4.55. The number of rotatable bonds is 6. The first-order valence-electron chi connectivity index (χ1n) is 7.16. The molecular weight excluding hydrogens is 359 g/mol. The van der Waals surface area contributed by atoms with Crippen LogP contribution < -0.4 is 10.1 Å². The van der Waals surface area contributed by atoms with Gasteiger partial charge in [-0.3, -0.25) is 5.32 Å². The van der Waals surface area contributed by atoms with Crippen LogP contribution in [-0.4, -0.2) is 47.3 Å². The molecule has 0 radical (unpaired) electrons. The normalized spacial score (nSPS) is 12.5. The number of para-hydroxylation sites is 1. The number of thiazole rings is 1. The summed E-state index contributed by atoms with van der Waals surface area (Å²) in [6, 6.07) is 4.24. The lowest BCUT2D eigenvalue weighted by atomic mass is 10.2. The fourth-order valence-corrected chi connectivity index (χ4v) is 2.46. The van der Waals surface area contributed by atoms with Crippen molar-refractivity contribution in [3.05, 3.63) is 41.4 Å². The lowest BCUT2D eigenvalue weighted by molar-refractivity contribution is -0.139. The van der Waals surface area contributed by atoms with Crippen molar-refractivity contribution in [3.63, 3.8) is 0 Å². The highest BCUT2D eigenvalue weighted by Crippen LogP contribution is 2.35. The molecule has 0 aliphatic carbocycles. The van der Waals surface area contributed by atoms with E-state index in [-0.39, 0.29) is 18.9 Å². The zero-order valence-electron chi connectivity index (χ0n) is 13.2. The van der Waals surface area contributed by atoms with E-state index in [1.807, 2.05) is 0 Å². The summed E-state index contributed by atoms with van der Waals surface area (Å²) in [5.74, 6) is -0.371. The standard InChI is InChI=1S/C15H16F3N3O3S/c1-21(14(23)20-13-19-6-7-25-13)8-10(22)9-24-12-5-3-2-4-11(12)15(16,17)18/h2-7,10,22H,8-9H2,1H3,(H,19,20,23). The Bertz CT molecular complexity index is 695. The van der Waals surface area contributed by atoms with E-state index in [2.05, 4.69) is 10.3 Å². The van der Waals surface area contributed by atoms with Crippen molar-refractivity contribution in [2.75, 3.05) is 25.5 Å². The largest absolute Gasteiger partial charge is 0.490 e. The molecule has 1 atom stereocenters. The predicted octanol–water partition coefficient (Wildman–Crippen LogP) is 3.07. The molecule has 2 N–H and O–H groups in total. The molecule has 0 fully saturated rings. The number of aliphatic hydroxyl groups is 1. The Morgan fingerprint density at radius 3 is 2.80 bits per heavy atom. The maximum atomic E-state index is 12.9. The number of halogens is 3. The van der Waals surface area contributed by atoms with Crippen molar-refractivity contribution >= 4 is 22.5 Å². The van der Waals surface area contributed by atoms with E-state index < -0.39 is 23.9 Å². The average molecular weight is 375 g/mol. The number of ether oxygens (including phenoxy) is 1. The van der Waals surface area contributed by atoms with Crippen LogP contribution >= 0.6 is 11.3 Å². The quantitative estimate of drug-likeness (QED) is 0.814. The van der Waals surface area contributed by atoms with Gasteiger partial charge in [0.15, 0.2) is 5.13 Å². The molecule has 2 rings (SSSR count). The van der Waals surface area contributed by atoms with E-state index in [0.29, 0.717) is 5.13 Å². The molecule has 25 heavy (non-hydrogen) atoms. The molecule has 1 heterocycles. The molecule has 1 aromatic heterocycles. The summed E-state index contributed by atoms with van der Waals surface area (Å²) in [5, 5.41) is 14.5. The third-order valence-corrected chi connectivity index (χ3v) is 3.79. The number of urea groups is 1. The summed E-state index contributed by atoms with van der Waals surface area (Å²) < 4.78 is 43.7. The molecule has 0 aliphatic rings. The number of nitrogens with zero attached hydrogens (tertiary/aromatic N) is 2. The molecule has 0 aliphatic heterocycles. The molecule has 1 aromatic carbocycles. The van der Waals surface area contributed by atoms with E-state index >= 15 is 0 Å². The molecule has 10 heteroatoms. The Balaban J connectivity index is 1.86. The minimum absolute atomic E-state index is 0.120. The smallest absolute Gasteiger partial charge is 0.419 e. The number of alkyl halides is 3. The van der Waals surface area contributed by atoms with E-state index in [0.717, 1.165) is 6.07 Å². The van der Waals surface area contributed by atoms with E-state index in [9.17, 15) is 23.1 Å². The van der Waals surface area contributed by atoms with Gasteiger partial charge in [0.1, 0.15) is 18.5 Å². The van der Waals surface area contributed by atoms with Crippen LogP contribution in [0.1, 0.15) is 5.56 Å². The van der Waals surface area contributed by atoms with Gasteiger partial charge in [-0.25, -0.2) is 9.78 Å². The van der Waals surface area contributed by atoms with Crippen molar-refractivity contribution in [2.45, 2.75) is 12.3 Å². The Morgan fingerprint density at radius 2 is 2.16 bits per heavy atom. The number of amides is 2. The third kappa shape index (κ3) is 5.61. The maximum Gasteiger partial charge on any atom is 0.419 e. The number of hydrogen-bond donors (Lipinski definition) is 2. The van der Waals surface area contributed by atoms with Crippen LogP contribution in [0.2, 0.25) is 0 Å². The lowest BCUT2D eigenvalue weighted by Crippen LogP contribution is -2.39. The fourth-order valence-electron chi connectivity index (χ4n) is 1.94. The van der Waals surface area contributed by atoms with Gasteiger partial charge in [0.25, 0.3) is 0 Å². The second kappa shape index (κ2) is 8.17. The van der Waals surface area contributed by atoms with Crippen LogP contribution in [-0.2, 0) is 6.18 Å². The molecule has 0 bridgehead atoms. The molecular formula is C15H16F3N3O3S. The van der Waals surface area contributed by atoms with Crippen molar-refractivity contribution in [1.82, 2.24) is 9.88 Å². The summed E-state index contributed by atoms with van der Waals surface area (Å²) >= 11 is 1.24. The van der Waals surface area contributed by atoms with Crippen LogP contribution in [0.3, 0.4) is 0 Å². The Morgan fingerprint density at radius 1 is 1.44 bits per heavy atom. The summed E-state index contributed by atoms with van der Waals surface area (Å²) in [6.07, 6.45) is -4.18. The van der Waals surface area contributed by atoms with Gasteiger partial charge in [-0.2, -0.15) is 13.2 Å². The molecule has 0 spiro atoms. The number of carbonyl (C=O) groups excluding carboxylic acids is 1. The van der Waals surface area contributed by atoms with Crippen molar-refractivity contribution < 1.29 is 27.8 Å². The SMILES string of the molecule is CN(CC(O)COc1ccccc1C(F)(F)F)C(=O)Nc1nccs1. The number of hydrogen-bond acceptors (Lipinski definition) is 5. The molecule has 2 amide bonds. The van der Waals surface area contributed by atoms with Crippen LogP contribution in [0.15, 0.2) is 35.8 Å². The van der Waals surface area contributed by atoms with E-state index in [4.69, 9.17) is 4.74 Å². The zero-order valence-corrected chi connectivity index (χ0v) is 14.0. The number of anilines is 1. The first kappa shape index (κ1) is 19.0. The minimum Gasteiger partial charge on any atom is -0.490 e. The third-order valence-electron chi connectivity index (χ3n) is 3.10. The number of aliphatic hydroxyl groups excluding tert-OH is 1. The molecule has 0 saturated heterocycles. The number of benzene rings is 1. The zero-order chi connectivity index (χ0) is 18.4. The van der Waals surface area contributed by atoms with E-state index in [1.54, 1.807) is 5.38 Å². The summed E-state index contributed by atoms with van der Waals surface area (Å²) in [5.41, 5.74) is -0.919. The van der Waals surface area contributed by atoms with E-state index in [1.165, 1.54) is 47.7 Å². The van der Waals surface area contributed by atoms with Crippen LogP contribution in [0.5, 0.6) is 5.75 Å². The highest BCUT2D eigenvalue weighted by atomic mass is 32.1. The molecule has 6 nitrogen and oxygen atoms in total. The number of likely N-dealkylation sites (N-methyl/N-ethyl adjacent to an activating group) is 1. The molecule has 1 unspecified atom stereocenters. The predicted molar refractivity (Wildman–Crippen MR) is 86.7 cm³/mol. The highest BCUT2D eigenvalue weighted by molar-refractivity contribution is 7.13. The molecule has 136 valence electrons. The number of nitrogens with one attached hydrogen (secondary N) is 1. The number of aromatic nitrogens is 1. The van der Waals surface area contributed by atoms with Crippen LogP contribution in [0.25, 0.3) is 0 Å². The fraction of sp³-hybridized carbons (Fsp3) is 0.333. The monoisotopic (exact) mass is 375 g/mol. The van der Waals surface area contributed by atoms with Crippen LogP contribution in [0, 0.1) is 0 Å². The van der Waals surface area contributed by atoms with Gasteiger partial charge >= 0.3 is 12.2 Å². The Hall–Kier alpha value is -2.33. The topological polar surface area (TPSA) is 74.7 Å². The van der Waals surface area contributed by atoms with Gasteiger partial charge in [-0.15, -0.1) is 11.3 Å². The van der Waals surface area contributed by atoms with Crippen molar-refractivity contribution in [1.29, 1.82) is 0 Å². The van der Waals surface area contributed by atoms with Crippen molar-refractivity contribution in [2.24, 2.45) is 0 Å².